The minimum Gasteiger partial charge on any atom is -0.484 e. The van der Waals surface area contributed by atoms with Gasteiger partial charge in [-0.1, -0.05) is 18.2 Å². The van der Waals surface area contributed by atoms with E-state index in [1.165, 1.54) is 0 Å². The lowest BCUT2D eigenvalue weighted by Crippen LogP contribution is -2.40. The second-order valence-corrected chi connectivity index (χ2v) is 6.28. The number of anilines is 1. The van der Waals surface area contributed by atoms with E-state index in [1.807, 2.05) is 30.3 Å². The minimum absolute atomic E-state index is 0.0543. The second kappa shape index (κ2) is 7.66. The van der Waals surface area contributed by atoms with Gasteiger partial charge in [0, 0.05) is 18.4 Å². The first kappa shape index (κ1) is 16.7. The predicted molar refractivity (Wildman–Crippen MR) is 95.8 cm³/mol. The van der Waals surface area contributed by atoms with Crippen LogP contribution in [0.25, 0.3) is 0 Å². The van der Waals surface area contributed by atoms with Crippen LogP contribution in [-0.4, -0.2) is 38.6 Å². The molecule has 4 rings (SSSR count). The van der Waals surface area contributed by atoms with E-state index in [2.05, 4.69) is 0 Å². The van der Waals surface area contributed by atoms with Gasteiger partial charge in [0.05, 0.1) is 12.6 Å². The van der Waals surface area contributed by atoms with Gasteiger partial charge in [-0.15, -0.1) is 0 Å². The molecule has 136 valence electrons. The highest BCUT2D eigenvalue weighted by molar-refractivity contribution is 5.94. The van der Waals surface area contributed by atoms with Crippen molar-refractivity contribution in [2.24, 2.45) is 0 Å². The molecule has 0 N–H and O–H groups in total. The molecule has 2 aliphatic heterocycles. The first-order valence-corrected chi connectivity index (χ1v) is 8.79. The van der Waals surface area contributed by atoms with Crippen LogP contribution >= 0.6 is 0 Å². The Morgan fingerprint density at radius 3 is 2.77 bits per heavy atom. The van der Waals surface area contributed by atoms with Crippen molar-refractivity contribution >= 4 is 11.6 Å². The van der Waals surface area contributed by atoms with Gasteiger partial charge in [-0.2, -0.15) is 0 Å². The third-order valence-corrected chi connectivity index (χ3v) is 4.49. The summed E-state index contributed by atoms with van der Waals surface area (Å²) >= 11 is 0. The highest BCUT2D eigenvalue weighted by Gasteiger charge is 2.24. The van der Waals surface area contributed by atoms with E-state index < -0.39 is 0 Å². The van der Waals surface area contributed by atoms with Crippen molar-refractivity contribution < 1.29 is 23.7 Å². The molecule has 6 heteroatoms. The van der Waals surface area contributed by atoms with Gasteiger partial charge in [0.25, 0.3) is 5.91 Å². The average Bonchev–Trinajstić information content (AvgIpc) is 3.36. The zero-order chi connectivity index (χ0) is 17.8. The van der Waals surface area contributed by atoms with Crippen LogP contribution in [0.15, 0.2) is 48.5 Å². The maximum absolute atomic E-state index is 12.8. The Hall–Kier alpha value is -2.73. The standard InChI is InChI=1S/C20H21NO5/c22-20(13-24-16-8-9-18-19(11-16)26-14-25-18)21(12-17-7-4-10-23-17)15-5-2-1-3-6-15/h1-3,5-6,8-9,11,17H,4,7,10,12-14H2. The number of amides is 1. The van der Waals surface area contributed by atoms with Gasteiger partial charge >= 0.3 is 0 Å². The lowest BCUT2D eigenvalue weighted by molar-refractivity contribution is -0.120. The average molecular weight is 355 g/mol. The van der Waals surface area contributed by atoms with Gasteiger partial charge in [-0.3, -0.25) is 4.79 Å². The van der Waals surface area contributed by atoms with E-state index in [-0.39, 0.29) is 25.4 Å². The number of hydrogen-bond acceptors (Lipinski definition) is 5. The molecule has 2 aromatic rings. The van der Waals surface area contributed by atoms with Gasteiger partial charge in [-0.25, -0.2) is 0 Å². The highest BCUT2D eigenvalue weighted by atomic mass is 16.7. The third-order valence-electron chi connectivity index (χ3n) is 4.49. The van der Waals surface area contributed by atoms with E-state index in [0.717, 1.165) is 25.1 Å². The first-order chi connectivity index (χ1) is 12.8. The zero-order valence-corrected chi connectivity index (χ0v) is 14.4. The number of ether oxygens (including phenoxy) is 4. The Balaban J connectivity index is 1.43. The normalized spacial score (nSPS) is 17.9. The molecule has 1 saturated heterocycles. The molecule has 1 amide bonds. The summed E-state index contributed by atoms with van der Waals surface area (Å²) in [4.78, 5) is 14.6. The molecule has 0 saturated carbocycles. The van der Waals surface area contributed by atoms with Crippen molar-refractivity contribution in [3.8, 4) is 17.2 Å². The molecule has 1 fully saturated rings. The van der Waals surface area contributed by atoms with Gasteiger partial charge in [0.1, 0.15) is 5.75 Å². The van der Waals surface area contributed by atoms with Crippen LogP contribution in [0.3, 0.4) is 0 Å². The molecule has 26 heavy (non-hydrogen) atoms. The number of nitrogens with zero attached hydrogens (tertiary/aromatic N) is 1. The fourth-order valence-electron chi connectivity index (χ4n) is 3.14. The number of rotatable bonds is 6. The molecular weight excluding hydrogens is 334 g/mol. The molecule has 1 unspecified atom stereocenters. The Morgan fingerprint density at radius 2 is 1.96 bits per heavy atom. The summed E-state index contributed by atoms with van der Waals surface area (Å²) in [5.41, 5.74) is 0.849. The molecule has 2 heterocycles. The SMILES string of the molecule is O=C(COc1ccc2c(c1)OCO2)N(CC1CCCO1)c1ccccc1. The van der Waals surface area contributed by atoms with Gasteiger partial charge in [-0.05, 0) is 37.1 Å². The van der Waals surface area contributed by atoms with Crippen LogP contribution in [0, 0.1) is 0 Å². The van der Waals surface area contributed by atoms with E-state index in [1.54, 1.807) is 23.1 Å². The monoisotopic (exact) mass is 355 g/mol. The Morgan fingerprint density at radius 1 is 1.12 bits per heavy atom. The molecule has 2 aliphatic rings. The van der Waals surface area contributed by atoms with Crippen molar-refractivity contribution in [1.82, 2.24) is 0 Å². The number of fused-ring (bicyclic) bond motifs is 1. The molecular formula is C20H21NO5. The Bertz CT molecular complexity index is 758. The molecule has 6 nitrogen and oxygen atoms in total. The molecule has 0 radical (unpaired) electrons. The van der Waals surface area contributed by atoms with Gasteiger partial charge in [0.15, 0.2) is 18.1 Å². The predicted octanol–water partition coefficient (Wildman–Crippen LogP) is 3.01. The molecule has 1 atom stereocenters. The Labute approximate surface area is 152 Å². The maximum atomic E-state index is 12.8. The van der Waals surface area contributed by atoms with Crippen LogP contribution in [0.1, 0.15) is 12.8 Å². The molecule has 0 aliphatic carbocycles. The van der Waals surface area contributed by atoms with E-state index in [9.17, 15) is 4.79 Å². The lowest BCUT2D eigenvalue weighted by atomic mass is 10.2. The number of hydrogen-bond donors (Lipinski definition) is 0. The number of carbonyl (C=O) groups is 1. The summed E-state index contributed by atoms with van der Waals surface area (Å²) in [6, 6.07) is 14.9. The summed E-state index contributed by atoms with van der Waals surface area (Å²) < 4.78 is 22.0. The molecule has 0 aromatic heterocycles. The van der Waals surface area contributed by atoms with Gasteiger partial charge in [0.2, 0.25) is 6.79 Å². The van der Waals surface area contributed by atoms with Crippen molar-refractivity contribution in [3.63, 3.8) is 0 Å². The van der Waals surface area contributed by atoms with Crippen LogP contribution in [0.5, 0.6) is 17.2 Å². The van der Waals surface area contributed by atoms with Crippen LogP contribution in [-0.2, 0) is 9.53 Å². The van der Waals surface area contributed by atoms with E-state index in [4.69, 9.17) is 18.9 Å². The third kappa shape index (κ3) is 3.75. The summed E-state index contributed by atoms with van der Waals surface area (Å²) in [7, 11) is 0. The van der Waals surface area contributed by atoms with Crippen LogP contribution in [0.4, 0.5) is 5.69 Å². The first-order valence-electron chi connectivity index (χ1n) is 8.79. The fraction of sp³-hybridized carbons (Fsp3) is 0.350. The fourth-order valence-corrected chi connectivity index (χ4v) is 3.14. The number of carbonyl (C=O) groups excluding carboxylic acids is 1. The van der Waals surface area contributed by atoms with Crippen molar-refractivity contribution in [1.29, 1.82) is 0 Å². The largest absolute Gasteiger partial charge is 0.484 e. The highest BCUT2D eigenvalue weighted by Crippen LogP contribution is 2.35. The summed E-state index contributed by atoms with van der Waals surface area (Å²) in [5.74, 6) is 1.79. The smallest absolute Gasteiger partial charge is 0.264 e. The zero-order valence-electron chi connectivity index (χ0n) is 14.4. The molecule has 0 spiro atoms. The summed E-state index contributed by atoms with van der Waals surface area (Å²) in [6.07, 6.45) is 2.08. The minimum atomic E-state index is -0.107. The summed E-state index contributed by atoms with van der Waals surface area (Å²) in [5, 5.41) is 0. The van der Waals surface area contributed by atoms with Crippen molar-refractivity contribution in [2.45, 2.75) is 18.9 Å². The van der Waals surface area contributed by atoms with Crippen LogP contribution in [0.2, 0.25) is 0 Å². The van der Waals surface area contributed by atoms with Crippen molar-refractivity contribution in [2.75, 3.05) is 31.5 Å². The second-order valence-electron chi connectivity index (χ2n) is 6.28. The molecule has 0 bridgehead atoms. The van der Waals surface area contributed by atoms with Crippen LogP contribution < -0.4 is 19.1 Å². The number of para-hydroxylation sites is 1. The van der Waals surface area contributed by atoms with Gasteiger partial charge < -0.3 is 23.8 Å². The lowest BCUT2D eigenvalue weighted by Gasteiger charge is -2.25. The van der Waals surface area contributed by atoms with E-state index >= 15 is 0 Å². The summed E-state index contributed by atoms with van der Waals surface area (Å²) in [6.45, 7) is 1.45. The maximum Gasteiger partial charge on any atom is 0.264 e. The van der Waals surface area contributed by atoms with E-state index in [0.29, 0.717) is 23.8 Å². The quantitative estimate of drug-likeness (QED) is 0.797. The topological polar surface area (TPSA) is 57.2 Å². The van der Waals surface area contributed by atoms with Crippen molar-refractivity contribution in [3.05, 3.63) is 48.5 Å². The Kier molecular flexibility index (Phi) is 4.93. The number of benzene rings is 2. The molecule has 2 aromatic carbocycles.